The van der Waals surface area contributed by atoms with Crippen molar-refractivity contribution in [2.24, 2.45) is 17.8 Å². The Bertz CT molecular complexity index is 779. The number of hydrogen-bond donors (Lipinski definition) is 2. The Hall–Kier alpha value is -1.20. The Labute approximate surface area is 136 Å². The number of thiazole rings is 1. The Morgan fingerprint density at radius 2 is 1.91 bits per heavy atom. The predicted octanol–water partition coefficient (Wildman–Crippen LogP) is 3.79. The predicted molar refractivity (Wildman–Crippen MR) is 88.9 cm³/mol. The van der Waals surface area contributed by atoms with Crippen molar-refractivity contribution in [2.45, 2.75) is 35.5 Å². The fourth-order valence-electron chi connectivity index (χ4n) is 4.90. The van der Waals surface area contributed by atoms with Gasteiger partial charge in [-0.05, 0) is 54.7 Å². The molecule has 2 heterocycles. The number of aromatic amines is 1. The molecule has 3 nitrogen and oxygen atoms in total. The van der Waals surface area contributed by atoms with E-state index in [9.17, 15) is 9.90 Å². The number of rotatable bonds is 1. The number of H-pyrrole nitrogens is 1. The van der Waals surface area contributed by atoms with E-state index in [1.807, 2.05) is 23.9 Å². The Morgan fingerprint density at radius 3 is 2.73 bits per heavy atom. The van der Waals surface area contributed by atoms with Crippen LogP contribution in [0.25, 0.3) is 0 Å². The van der Waals surface area contributed by atoms with E-state index in [-0.39, 0.29) is 4.87 Å². The van der Waals surface area contributed by atoms with Crippen LogP contribution in [0.3, 0.4) is 0 Å². The monoisotopic (exact) mass is 331 g/mol. The maximum Gasteiger partial charge on any atom is 0.305 e. The van der Waals surface area contributed by atoms with Crippen molar-refractivity contribution < 1.29 is 5.11 Å². The van der Waals surface area contributed by atoms with Crippen molar-refractivity contribution in [3.05, 3.63) is 44.4 Å². The van der Waals surface area contributed by atoms with Crippen molar-refractivity contribution in [2.75, 3.05) is 0 Å². The first kappa shape index (κ1) is 13.3. The molecule has 0 spiro atoms. The molecule has 1 aromatic carbocycles. The number of phenols is 1. The minimum Gasteiger partial charge on any atom is -0.508 e. The summed E-state index contributed by atoms with van der Waals surface area (Å²) in [5, 5.41) is 11.3. The molecule has 2 bridgehead atoms. The largest absolute Gasteiger partial charge is 0.508 e. The highest BCUT2D eigenvalue weighted by Crippen LogP contribution is 2.63. The van der Waals surface area contributed by atoms with E-state index in [4.69, 9.17) is 0 Å². The molecule has 0 saturated heterocycles. The topological polar surface area (TPSA) is 53.1 Å². The Kier molecular flexibility index (Phi) is 2.80. The van der Waals surface area contributed by atoms with Crippen LogP contribution in [-0.2, 0) is 0 Å². The first-order valence-electron chi connectivity index (χ1n) is 7.89. The Balaban J connectivity index is 1.68. The number of fused-ring (bicyclic) bond motifs is 6. The average Bonchev–Trinajstić information content (AvgIpc) is 3.19. The molecule has 22 heavy (non-hydrogen) atoms. The zero-order chi connectivity index (χ0) is 14.8. The summed E-state index contributed by atoms with van der Waals surface area (Å²) >= 11 is 3.30. The van der Waals surface area contributed by atoms with Crippen molar-refractivity contribution in [1.82, 2.24) is 4.98 Å². The van der Waals surface area contributed by atoms with E-state index in [1.165, 1.54) is 41.0 Å². The van der Waals surface area contributed by atoms with Gasteiger partial charge >= 0.3 is 4.87 Å². The molecule has 0 radical (unpaired) electrons. The highest BCUT2D eigenvalue weighted by atomic mass is 32.2. The lowest BCUT2D eigenvalue weighted by Gasteiger charge is -2.40. The lowest BCUT2D eigenvalue weighted by molar-refractivity contribution is 0.307. The maximum absolute atomic E-state index is 11.9. The summed E-state index contributed by atoms with van der Waals surface area (Å²) in [4.78, 5) is 16.2. The zero-order valence-corrected chi connectivity index (χ0v) is 13.6. The molecular formula is C17H17NO2S2. The van der Waals surface area contributed by atoms with Gasteiger partial charge in [0.05, 0.1) is 5.03 Å². The van der Waals surface area contributed by atoms with Crippen LogP contribution in [0.15, 0.2) is 34.1 Å². The average molecular weight is 331 g/mol. The third-order valence-corrected chi connectivity index (χ3v) is 8.34. The van der Waals surface area contributed by atoms with Gasteiger partial charge in [0.2, 0.25) is 0 Å². The molecule has 1 aliphatic heterocycles. The zero-order valence-electron chi connectivity index (χ0n) is 12.0. The third kappa shape index (κ3) is 1.78. The number of thioether (sulfide) groups is 1. The molecule has 0 unspecified atom stereocenters. The van der Waals surface area contributed by atoms with Gasteiger partial charge in [-0.1, -0.05) is 23.5 Å². The van der Waals surface area contributed by atoms with Gasteiger partial charge in [-0.15, -0.1) is 11.8 Å². The molecular weight excluding hydrogens is 314 g/mol. The van der Waals surface area contributed by atoms with E-state index < -0.39 is 0 Å². The fourth-order valence-corrected chi connectivity index (χ4v) is 7.80. The third-order valence-electron chi connectivity index (χ3n) is 5.72. The molecule has 2 aromatic rings. The van der Waals surface area contributed by atoms with Crippen molar-refractivity contribution >= 4 is 23.1 Å². The summed E-state index contributed by atoms with van der Waals surface area (Å²) in [6, 6.07) is 7.61. The molecule has 2 N–H and O–H groups in total. The quantitative estimate of drug-likeness (QED) is 0.836. The van der Waals surface area contributed by atoms with Crippen molar-refractivity contribution in [3.63, 3.8) is 0 Å². The van der Waals surface area contributed by atoms with Gasteiger partial charge in [0.25, 0.3) is 0 Å². The summed E-state index contributed by atoms with van der Waals surface area (Å²) < 4.78 is 0. The second-order valence-electron chi connectivity index (χ2n) is 6.77. The van der Waals surface area contributed by atoms with Gasteiger partial charge in [0.1, 0.15) is 5.75 Å². The van der Waals surface area contributed by atoms with Crippen LogP contribution in [-0.4, -0.2) is 15.3 Å². The highest BCUT2D eigenvalue weighted by molar-refractivity contribution is 8.00. The summed E-state index contributed by atoms with van der Waals surface area (Å²) in [6.07, 6.45) is 4.05. The number of aromatic nitrogens is 1. The van der Waals surface area contributed by atoms with Gasteiger partial charge in [-0.2, -0.15) is 0 Å². The number of aromatic hydroxyl groups is 1. The summed E-state index contributed by atoms with van der Waals surface area (Å²) in [5.41, 5.74) is 1.25. The van der Waals surface area contributed by atoms with Gasteiger partial charge in [-0.25, -0.2) is 0 Å². The molecule has 3 aliphatic rings. The minimum atomic E-state index is 0.0635. The fraction of sp³-hybridized carbons (Fsp3) is 0.471. The van der Waals surface area contributed by atoms with Crippen LogP contribution in [0, 0.1) is 17.8 Å². The van der Waals surface area contributed by atoms with Crippen LogP contribution < -0.4 is 4.87 Å². The molecule has 1 aromatic heterocycles. The second kappa shape index (κ2) is 4.65. The van der Waals surface area contributed by atoms with Crippen LogP contribution in [0.5, 0.6) is 5.75 Å². The lowest BCUT2D eigenvalue weighted by Crippen LogP contribution is -2.33. The SMILES string of the molecule is O=c1[nH]c2c(s1)[C@H](c1ccc(O)cc1)[C@@H]1[C@@H]3CC[C@@H](C3)[C@@H]1S2. The van der Waals surface area contributed by atoms with Gasteiger partial charge in [0, 0.05) is 16.0 Å². The number of hydrogen-bond acceptors (Lipinski definition) is 4. The van der Waals surface area contributed by atoms with Gasteiger partial charge in [-0.3, -0.25) is 4.79 Å². The lowest BCUT2D eigenvalue weighted by atomic mass is 9.75. The summed E-state index contributed by atoms with van der Waals surface area (Å²) in [6.45, 7) is 0. The van der Waals surface area contributed by atoms with Crippen LogP contribution >= 0.6 is 23.1 Å². The Morgan fingerprint density at radius 1 is 1.14 bits per heavy atom. The normalized spacial score (nSPS) is 35.4. The van der Waals surface area contributed by atoms with Crippen molar-refractivity contribution in [3.8, 4) is 5.75 Å². The van der Waals surface area contributed by atoms with E-state index in [1.54, 1.807) is 12.1 Å². The van der Waals surface area contributed by atoms with Crippen LogP contribution in [0.4, 0.5) is 0 Å². The van der Waals surface area contributed by atoms with E-state index in [0.29, 0.717) is 22.8 Å². The molecule has 5 heteroatoms. The molecule has 2 fully saturated rings. The summed E-state index contributed by atoms with van der Waals surface area (Å²) in [7, 11) is 0. The number of phenolic OH excluding ortho intramolecular Hbond substituents is 1. The second-order valence-corrected chi connectivity index (χ2v) is 8.97. The van der Waals surface area contributed by atoms with E-state index in [0.717, 1.165) is 16.9 Å². The first-order valence-corrected chi connectivity index (χ1v) is 9.59. The molecule has 0 amide bonds. The van der Waals surface area contributed by atoms with Gasteiger partial charge in [0.15, 0.2) is 0 Å². The summed E-state index contributed by atoms with van der Waals surface area (Å²) in [5.74, 6) is 2.89. The maximum atomic E-state index is 11.9. The molecule has 5 rings (SSSR count). The smallest absolute Gasteiger partial charge is 0.305 e. The van der Waals surface area contributed by atoms with Crippen LogP contribution in [0.2, 0.25) is 0 Å². The van der Waals surface area contributed by atoms with Gasteiger partial charge < -0.3 is 10.1 Å². The molecule has 2 saturated carbocycles. The van der Waals surface area contributed by atoms with E-state index >= 15 is 0 Å². The first-order chi connectivity index (χ1) is 10.7. The van der Waals surface area contributed by atoms with Crippen LogP contribution in [0.1, 0.15) is 35.6 Å². The molecule has 5 atom stereocenters. The minimum absolute atomic E-state index is 0.0635. The molecule has 114 valence electrons. The number of nitrogens with one attached hydrogen (secondary N) is 1. The number of benzene rings is 1. The van der Waals surface area contributed by atoms with Crippen molar-refractivity contribution in [1.29, 1.82) is 0 Å². The standard InChI is InChI=1S/C17H17NO2S2/c19-11-5-3-8(4-6-11)12-13-9-1-2-10(7-9)14(13)21-16-15(12)22-17(20)18-16/h3-6,9-10,12-14,19H,1-2,7H2,(H,18,20)/t9-,10+,12-,13+,14+/m1/s1. The molecule has 2 aliphatic carbocycles. The highest BCUT2D eigenvalue weighted by Gasteiger charge is 2.54. The van der Waals surface area contributed by atoms with E-state index in [2.05, 4.69) is 4.98 Å².